The number of benzene rings is 1. The lowest BCUT2D eigenvalue weighted by Crippen LogP contribution is -2.42. The molecule has 0 aliphatic rings. The van der Waals surface area contributed by atoms with Crippen LogP contribution in [-0.4, -0.2) is 54.6 Å². The molecule has 0 unspecified atom stereocenters. The van der Waals surface area contributed by atoms with Crippen molar-refractivity contribution >= 4 is 39.5 Å². The van der Waals surface area contributed by atoms with Crippen molar-refractivity contribution in [3.63, 3.8) is 0 Å². The van der Waals surface area contributed by atoms with Gasteiger partial charge >= 0.3 is 18.2 Å². The number of aromatic nitrogens is 2. The van der Waals surface area contributed by atoms with Gasteiger partial charge in [0.2, 0.25) is 0 Å². The molecular formula is C20H19F3N4O5S. The van der Waals surface area contributed by atoms with E-state index in [-0.39, 0.29) is 23.7 Å². The standard InChI is InChI=1S/C20H19F3N4O5S/c1-11-14-9-15(18(29)32-10-16(28)25-19(30)24-6-7-31-2)33-17(14)27(26-11)13-5-3-4-12(8-13)20(21,22)23/h3-5,8-9H,6-7,10H2,1-2H3,(H2,24,25,28,30). The number of thiophene rings is 1. The van der Waals surface area contributed by atoms with E-state index < -0.39 is 36.3 Å². The number of carbonyl (C=O) groups excluding carboxylic acids is 3. The van der Waals surface area contributed by atoms with Crippen molar-refractivity contribution in [2.24, 2.45) is 0 Å². The summed E-state index contributed by atoms with van der Waals surface area (Å²) in [6.45, 7) is 1.42. The molecule has 0 saturated heterocycles. The van der Waals surface area contributed by atoms with E-state index in [0.717, 1.165) is 23.5 Å². The Kier molecular flexibility index (Phi) is 7.33. The molecule has 2 N–H and O–H groups in total. The fraction of sp³-hybridized carbons (Fsp3) is 0.300. The maximum absolute atomic E-state index is 13.1. The Balaban J connectivity index is 1.71. The van der Waals surface area contributed by atoms with Gasteiger partial charge in [0, 0.05) is 19.0 Å². The smallest absolute Gasteiger partial charge is 0.416 e. The van der Waals surface area contributed by atoms with Gasteiger partial charge in [-0.1, -0.05) is 6.07 Å². The number of carbonyl (C=O) groups is 3. The van der Waals surface area contributed by atoms with Crippen molar-refractivity contribution in [1.82, 2.24) is 20.4 Å². The van der Waals surface area contributed by atoms with Crippen molar-refractivity contribution < 1.29 is 37.0 Å². The van der Waals surface area contributed by atoms with Crippen molar-refractivity contribution in [2.75, 3.05) is 26.9 Å². The van der Waals surface area contributed by atoms with Crippen molar-refractivity contribution in [3.8, 4) is 5.69 Å². The zero-order valence-electron chi connectivity index (χ0n) is 17.5. The molecule has 0 spiro atoms. The minimum absolute atomic E-state index is 0.128. The van der Waals surface area contributed by atoms with Crippen LogP contribution in [0.1, 0.15) is 20.9 Å². The van der Waals surface area contributed by atoms with Crippen LogP contribution in [-0.2, 0) is 20.4 Å². The molecule has 0 radical (unpaired) electrons. The molecular weight excluding hydrogens is 465 g/mol. The Hall–Kier alpha value is -3.45. The number of fused-ring (bicyclic) bond motifs is 1. The lowest BCUT2D eigenvalue weighted by atomic mass is 10.2. The van der Waals surface area contributed by atoms with Gasteiger partial charge in [-0.05, 0) is 31.2 Å². The Morgan fingerprint density at radius 1 is 1.21 bits per heavy atom. The Morgan fingerprint density at radius 3 is 2.67 bits per heavy atom. The number of hydrogen-bond donors (Lipinski definition) is 2. The molecule has 33 heavy (non-hydrogen) atoms. The highest BCUT2D eigenvalue weighted by Gasteiger charge is 2.31. The van der Waals surface area contributed by atoms with Crippen LogP contribution in [0.4, 0.5) is 18.0 Å². The molecule has 1 aromatic carbocycles. The number of nitrogens with zero attached hydrogens (tertiary/aromatic N) is 2. The van der Waals surface area contributed by atoms with Crippen LogP contribution >= 0.6 is 11.3 Å². The number of hydrogen-bond acceptors (Lipinski definition) is 7. The van der Waals surface area contributed by atoms with E-state index in [1.807, 2.05) is 5.32 Å². The van der Waals surface area contributed by atoms with E-state index in [1.54, 1.807) is 6.92 Å². The first kappa shape index (κ1) is 24.2. The number of halogens is 3. The topological polar surface area (TPSA) is 112 Å². The van der Waals surface area contributed by atoms with Crippen LogP contribution in [0.15, 0.2) is 30.3 Å². The maximum Gasteiger partial charge on any atom is 0.416 e. The average Bonchev–Trinajstić information content (AvgIpc) is 3.32. The Morgan fingerprint density at radius 2 is 1.97 bits per heavy atom. The van der Waals surface area contributed by atoms with E-state index in [2.05, 4.69) is 10.4 Å². The minimum atomic E-state index is -4.51. The third-order valence-electron chi connectivity index (χ3n) is 4.34. The lowest BCUT2D eigenvalue weighted by Gasteiger charge is -2.09. The quantitative estimate of drug-likeness (QED) is 0.394. The number of alkyl halides is 3. The number of ether oxygens (including phenoxy) is 2. The summed E-state index contributed by atoms with van der Waals surface area (Å²) in [6, 6.07) is 5.40. The van der Waals surface area contributed by atoms with Gasteiger partial charge in [-0.2, -0.15) is 18.3 Å². The van der Waals surface area contributed by atoms with Crippen LogP contribution in [0.25, 0.3) is 15.9 Å². The number of rotatable bonds is 7. The summed E-state index contributed by atoms with van der Waals surface area (Å²) in [5.74, 6) is -1.65. The van der Waals surface area contributed by atoms with Crippen LogP contribution in [0.5, 0.6) is 0 Å². The molecule has 2 aromatic heterocycles. The van der Waals surface area contributed by atoms with Gasteiger partial charge < -0.3 is 14.8 Å². The summed E-state index contributed by atoms with van der Waals surface area (Å²) < 4.78 is 50.2. The van der Waals surface area contributed by atoms with Crippen LogP contribution in [0.3, 0.4) is 0 Å². The van der Waals surface area contributed by atoms with Crippen molar-refractivity contribution in [3.05, 3.63) is 46.5 Å². The highest BCUT2D eigenvalue weighted by atomic mass is 32.1. The van der Waals surface area contributed by atoms with E-state index >= 15 is 0 Å². The van der Waals surface area contributed by atoms with Crippen LogP contribution < -0.4 is 10.6 Å². The van der Waals surface area contributed by atoms with Gasteiger partial charge in [0.1, 0.15) is 9.71 Å². The minimum Gasteiger partial charge on any atom is -0.451 e. The zero-order valence-corrected chi connectivity index (χ0v) is 18.3. The largest absolute Gasteiger partial charge is 0.451 e. The first-order valence-corrected chi connectivity index (χ1v) is 10.3. The number of esters is 1. The monoisotopic (exact) mass is 484 g/mol. The number of nitrogens with one attached hydrogen (secondary N) is 2. The number of imide groups is 1. The molecule has 13 heteroatoms. The van der Waals surface area contributed by atoms with E-state index in [4.69, 9.17) is 9.47 Å². The molecule has 0 aliphatic carbocycles. The summed E-state index contributed by atoms with van der Waals surface area (Å²) in [5.41, 5.74) is -0.137. The normalized spacial score (nSPS) is 11.4. The molecule has 2 heterocycles. The van der Waals surface area contributed by atoms with Crippen LogP contribution in [0.2, 0.25) is 0 Å². The summed E-state index contributed by atoms with van der Waals surface area (Å²) in [4.78, 5) is 36.2. The molecule has 0 fully saturated rings. The molecule has 0 bridgehead atoms. The molecule has 0 aliphatic heterocycles. The summed E-state index contributed by atoms with van der Waals surface area (Å²) in [5, 5.41) is 9.21. The van der Waals surface area contributed by atoms with Gasteiger partial charge in [-0.15, -0.1) is 11.3 Å². The number of methoxy groups -OCH3 is 1. The van der Waals surface area contributed by atoms with Crippen LogP contribution in [0, 0.1) is 6.92 Å². The maximum atomic E-state index is 13.1. The average molecular weight is 484 g/mol. The van der Waals surface area contributed by atoms with Gasteiger partial charge in [-0.3, -0.25) is 10.1 Å². The predicted octanol–water partition coefficient (Wildman–Crippen LogP) is 3.04. The molecule has 0 atom stereocenters. The summed E-state index contributed by atoms with van der Waals surface area (Å²) in [6.07, 6.45) is -4.51. The molecule has 3 aromatic rings. The highest BCUT2D eigenvalue weighted by molar-refractivity contribution is 7.20. The fourth-order valence-corrected chi connectivity index (χ4v) is 3.89. The summed E-state index contributed by atoms with van der Waals surface area (Å²) >= 11 is 0.960. The molecule has 3 rings (SSSR count). The van der Waals surface area contributed by atoms with Gasteiger partial charge in [0.05, 0.1) is 23.6 Å². The first-order valence-electron chi connectivity index (χ1n) is 9.50. The number of aryl methyl sites for hydroxylation is 1. The fourth-order valence-electron chi connectivity index (χ4n) is 2.81. The third kappa shape index (κ3) is 5.87. The molecule has 176 valence electrons. The SMILES string of the molecule is COCCNC(=O)NC(=O)COC(=O)c1cc2c(C)nn(-c3cccc(C(F)(F)F)c3)c2s1. The van der Waals surface area contributed by atoms with E-state index in [0.29, 0.717) is 15.9 Å². The van der Waals surface area contributed by atoms with E-state index in [1.165, 1.54) is 30.0 Å². The Bertz CT molecular complexity index is 1190. The predicted molar refractivity (Wildman–Crippen MR) is 112 cm³/mol. The van der Waals surface area contributed by atoms with E-state index in [9.17, 15) is 27.6 Å². The Labute approximate surface area is 189 Å². The second-order valence-corrected chi connectivity index (χ2v) is 7.78. The second kappa shape index (κ2) is 10.0. The molecule has 0 saturated carbocycles. The molecule has 9 nitrogen and oxygen atoms in total. The van der Waals surface area contributed by atoms with Crippen molar-refractivity contribution in [1.29, 1.82) is 0 Å². The number of urea groups is 1. The lowest BCUT2D eigenvalue weighted by molar-refractivity contribution is -0.137. The third-order valence-corrected chi connectivity index (χ3v) is 5.43. The van der Waals surface area contributed by atoms with Gasteiger partial charge in [-0.25, -0.2) is 14.3 Å². The first-order chi connectivity index (χ1) is 15.6. The number of amides is 3. The zero-order chi connectivity index (χ0) is 24.2. The van der Waals surface area contributed by atoms with Gasteiger partial charge in [0.15, 0.2) is 6.61 Å². The molecule has 3 amide bonds. The van der Waals surface area contributed by atoms with Gasteiger partial charge in [0.25, 0.3) is 5.91 Å². The second-order valence-electron chi connectivity index (χ2n) is 6.75. The highest BCUT2D eigenvalue weighted by Crippen LogP contribution is 2.33. The summed E-state index contributed by atoms with van der Waals surface area (Å²) in [7, 11) is 1.46. The van der Waals surface area contributed by atoms with Crippen molar-refractivity contribution in [2.45, 2.75) is 13.1 Å².